The van der Waals surface area contributed by atoms with Crippen molar-refractivity contribution in [2.45, 2.75) is 118 Å². The molecule has 3 aromatic carbocycles. The summed E-state index contributed by atoms with van der Waals surface area (Å²) in [5, 5.41) is 0. The van der Waals surface area contributed by atoms with Gasteiger partial charge in [0.1, 0.15) is 0 Å². The molecule has 0 heterocycles. The van der Waals surface area contributed by atoms with Crippen molar-refractivity contribution in [3.63, 3.8) is 0 Å². The maximum absolute atomic E-state index is 2.64. The second-order valence-corrected chi connectivity index (χ2v) is 16.4. The van der Waals surface area contributed by atoms with E-state index in [1.165, 1.54) is 62.9 Å². The summed E-state index contributed by atoms with van der Waals surface area (Å²) < 4.78 is 0. The van der Waals surface area contributed by atoms with Gasteiger partial charge in [-0.2, -0.15) is 0 Å². The normalized spacial score (nSPS) is 19.4. The SMILES string of the molecule is Cc1cc2c(cc1C(C)(C)C)-c1cc(C(C)(C)C)c(C)cc1C2C1(c2ccccc2)CCC2=C1C=C(C(C)(C)C)C2.[Cl-].[Cl-].[Zr+2]. The van der Waals surface area contributed by atoms with Crippen molar-refractivity contribution in [3.05, 3.63) is 116 Å². The van der Waals surface area contributed by atoms with E-state index in [0.29, 0.717) is 5.92 Å². The van der Waals surface area contributed by atoms with Crippen molar-refractivity contribution in [1.29, 1.82) is 0 Å². The number of halogens is 2. The summed E-state index contributed by atoms with van der Waals surface area (Å²) in [7, 11) is 0. The molecule has 0 N–H and O–H groups in total. The van der Waals surface area contributed by atoms with Crippen molar-refractivity contribution < 1.29 is 51.0 Å². The van der Waals surface area contributed by atoms with Crippen LogP contribution in [0.4, 0.5) is 0 Å². The number of allylic oxidation sites excluding steroid dienone is 4. The predicted molar refractivity (Wildman–Crippen MR) is 177 cm³/mol. The molecule has 3 heteroatoms. The van der Waals surface area contributed by atoms with Crippen LogP contribution in [-0.2, 0) is 42.4 Å². The number of benzene rings is 3. The molecule has 1 unspecified atom stereocenters. The Bertz CT molecular complexity index is 1550. The summed E-state index contributed by atoms with van der Waals surface area (Å²) in [5.74, 6) is 0.304. The minimum atomic E-state index is -0.0605. The smallest absolute Gasteiger partial charge is 1.00 e. The predicted octanol–water partition coefficient (Wildman–Crippen LogP) is 5.42. The quantitative estimate of drug-likeness (QED) is 0.335. The van der Waals surface area contributed by atoms with Crippen LogP contribution in [0.15, 0.2) is 77.4 Å². The Labute approximate surface area is 299 Å². The molecule has 0 bridgehead atoms. The van der Waals surface area contributed by atoms with Crippen molar-refractivity contribution in [1.82, 2.24) is 0 Å². The van der Waals surface area contributed by atoms with Crippen LogP contribution in [-0.4, -0.2) is 0 Å². The Balaban J connectivity index is 0.00000176. The molecule has 232 valence electrons. The van der Waals surface area contributed by atoms with E-state index in [0.717, 1.165) is 6.42 Å². The van der Waals surface area contributed by atoms with Crippen LogP contribution < -0.4 is 24.8 Å². The maximum Gasteiger partial charge on any atom is 2.00 e. The molecule has 0 saturated heterocycles. The van der Waals surface area contributed by atoms with E-state index in [1.54, 1.807) is 16.7 Å². The van der Waals surface area contributed by atoms with Crippen LogP contribution in [0, 0.1) is 19.3 Å². The first-order valence-electron chi connectivity index (χ1n) is 15.8. The Kier molecular flexibility index (Phi) is 10.4. The summed E-state index contributed by atoms with van der Waals surface area (Å²) in [5.41, 5.74) is 18.5. The average molecular weight is 705 g/mol. The van der Waals surface area contributed by atoms with Crippen LogP contribution >= 0.6 is 0 Å². The zero-order chi connectivity index (χ0) is 29.7. The van der Waals surface area contributed by atoms with Crippen LogP contribution in [0.3, 0.4) is 0 Å². The van der Waals surface area contributed by atoms with Gasteiger partial charge >= 0.3 is 26.2 Å². The van der Waals surface area contributed by atoms with Gasteiger partial charge in [-0.1, -0.05) is 134 Å². The number of hydrogen-bond acceptors (Lipinski definition) is 0. The van der Waals surface area contributed by atoms with Crippen LogP contribution in [0.5, 0.6) is 0 Å². The van der Waals surface area contributed by atoms with E-state index in [9.17, 15) is 0 Å². The van der Waals surface area contributed by atoms with Gasteiger partial charge in [0.2, 0.25) is 0 Å². The molecular formula is C41H50Cl2Zr. The van der Waals surface area contributed by atoms with Gasteiger partial charge in [0.05, 0.1) is 0 Å². The molecule has 6 rings (SSSR count). The summed E-state index contributed by atoms with van der Waals surface area (Å²) in [6.07, 6.45) is 6.16. The topological polar surface area (TPSA) is 0 Å². The Morgan fingerprint density at radius 1 is 0.659 bits per heavy atom. The molecule has 3 aromatic rings. The molecule has 0 radical (unpaired) electrons. The third-order valence-corrected chi connectivity index (χ3v) is 10.5. The Hall–Kier alpha value is -1.40. The number of fused-ring (bicyclic) bond motifs is 3. The monoisotopic (exact) mass is 702 g/mol. The summed E-state index contributed by atoms with van der Waals surface area (Å²) in [6.45, 7) is 26.0. The summed E-state index contributed by atoms with van der Waals surface area (Å²) >= 11 is 0. The molecule has 3 aliphatic rings. The number of aryl methyl sites for hydroxylation is 2. The van der Waals surface area contributed by atoms with Gasteiger partial charge in [-0.3, -0.25) is 0 Å². The fourth-order valence-corrected chi connectivity index (χ4v) is 8.51. The van der Waals surface area contributed by atoms with Gasteiger partial charge in [-0.15, -0.1) is 0 Å². The van der Waals surface area contributed by atoms with E-state index in [-0.39, 0.29) is 72.7 Å². The van der Waals surface area contributed by atoms with E-state index < -0.39 is 0 Å². The van der Waals surface area contributed by atoms with Crippen molar-refractivity contribution in [2.24, 2.45) is 5.41 Å². The first-order chi connectivity index (χ1) is 19.0. The Morgan fingerprint density at radius 2 is 1.14 bits per heavy atom. The molecule has 0 aromatic heterocycles. The van der Waals surface area contributed by atoms with Crippen LogP contribution in [0.25, 0.3) is 11.1 Å². The minimum Gasteiger partial charge on any atom is -1.00 e. The summed E-state index contributed by atoms with van der Waals surface area (Å²) in [4.78, 5) is 0. The Morgan fingerprint density at radius 3 is 1.57 bits per heavy atom. The molecule has 0 amide bonds. The van der Waals surface area contributed by atoms with Crippen molar-refractivity contribution >= 4 is 0 Å². The molecule has 0 saturated carbocycles. The molecule has 0 spiro atoms. The fraction of sp³-hybridized carbons (Fsp3) is 0.463. The largest absolute Gasteiger partial charge is 2.00 e. The second-order valence-electron chi connectivity index (χ2n) is 16.4. The average Bonchev–Trinajstić information content (AvgIpc) is 3.53. The zero-order valence-corrected chi connectivity index (χ0v) is 32.7. The van der Waals surface area contributed by atoms with Gasteiger partial charge in [0.15, 0.2) is 0 Å². The van der Waals surface area contributed by atoms with Gasteiger partial charge in [0.25, 0.3) is 0 Å². The first-order valence-corrected chi connectivity index (χ1v) is 15.8. The van der Waals surface area contributed by atoms with Crippen molar-refractivity contribution in [3.8, 4) is 11.1 Å². The third-order valence-electron chi connectivity index (χ3n) is 10.5. The second kappa shape index (κ2) is 12.3. The van der Waals surface area contributed by atoms with Gasteiger partial charge in [0, 0.05) is 11.3 Å². The molecule has 0 nitrogen and oxygen atoms in total. The maximum atomic E-state index is 2.64. The molecular weight excluding hydrogens is 655 g/mol. The van der Waals surface area contributed by atoms with E-state index in [1.807, 2.05) is 0 Å². The molecule has 0 fully saturated rings. The van der Waals surface area contributed by atoms with E-state index in [2.05, 4.69) is 137 Å². The van der Waals surface area contributed by atoms with E-state index in [4.69, 9.17) is 0 Å². The fourth-order valence-electron chi connectivity index (χ4n) is 8.51. The number of hydrogen-bond donors (Lipinski definition) is 0. The van der Waals surface area contributed by atoms with Crippen LogP contribution in [0.2, 0.25) is 0 Å². The van der Waals surface area contributed by atoms with Crippen molar-refractivity contribution in [2.75, 3.05) is 0 Å². The third kappa shape index (κ3) is 5.82. The number of rotatable bonds is 2. The molecule has 44 heavy (non-hydrogen) atoms. The zero-order valence-electron chi connectivity index (χ0n) is 28.7. The molecule has 3 aliphatic carbocycles. The molecule has 1 atom stereocenters. The van der Waals surface area contributed by atoms with Gasteiger partial charge < -0.3 is 24.8 Å². The minimum absolute atomic E-state index is 0. The van der Waals surface area contributed by atoms with Gasteiger partial charge in [-0.25, -0.2) is 0 Å². The summed E-state index contributed by atoms with van der Waals surface area (Å²) in [6, 6.07) is 21.8. The van der Waals surface area contributed by atoms with Crippen LogP contribution in [0.1, 0.15) is 126 Å². The standard InChI is InChI=1S/C41H50.2ClH.Zr/c1-25-19-32-30(23-34(25)39(6,7)8)31-24-35(40(9,10)11)26(2)20-33(31)37(32)41(28-15-13-12-14-16-28)18-17-27-21-29(22-36(27)41)38(3,4)5;;;/h12-16,19-20,22-24,37H,17-18,21H2,1-11H3;2*1H;/q;;;+2/p-2. The first kappa shape index (κ1) is 37.1. The molecule has 0 aliphatic heterocycles. The van der Waals surface area contributed by atoms with Gasteiger partial charge in [-0.05, 0) is 105 Å². The van der Waals surface area contributed by atoms with E-state index >= 15 is 0 Å².